The summed E-state index contributed by atoms with van der Waals surface area (Å²) in [6.07, 6.45) is 4.98. The Morgan fingerprint density at radius 2 is 2.16 bits per heavy atom. The summed E-state index contributed by atoms with van der Waals surface area (Å²) < 4.78 is 0. The number of fused-ring (bicyclic) bond motifs is 1. The maximum atomic E-state index is 8.93. The third kappa shape index (κ3) is 1.95. The van der Waals surface area contributed by atoms with Crippen LogP contribution in [0.5, 0.6) is 0 Å². The predicted octanol–water partition coefficient (Wildman–Crippen LogP) is 0.625. The van der Waals surface area contributed by atoms with Crippen LogP contribution < -0.4 is 9.74 Å². The second kappa shape index (κ2) is 4.72. The summed E-state index contributed by atoms with van der Waals surface area (Å²) in [4.78, 5) is 17.2. The van der Waals surface area contributed by atoms with Gasteiger partial charge in [0.15, 0.2) is 0 Å². The lowest BCUT2D eigenvalue weighted by Gasteiger charge is -2.30. The standard InChI is InChI=1S/C12H14N6O/c1-19-18-12-10(7-16-18)11(14-8-15-12)17-4-2-9(6-13)3-5-17/h7-9H,2-5H2,1H3. The van der Waals surface area contributed by atoms with E-state index in [-0.39, 0.29) is 5.92 Å². The predicted molar refractivity (Wildman–Crippen MR) is 68.4 cm³/mol. The van der Waals surface area contributed by atoms with E-state index in [9.17, 15) is 0 Å². The molecule has 98 valence electrons. The van der Waals surface area contributed by atoms with Crippen LogP contribution in [0.3, 0.4) is 0 Å². The number of anilines is 1. The van der Waals surface area contributed by atoms with Gasteiger partial charge in [-0.2, -0.15) is 5.26 Å². The highest BCUT2D eigenvalue weighted by Gasteiger charge is 2.22. The Bertz CT molecular complexity index is 623. The summed E-state index contributed by atoms with van der Waals surface area (Å²) in [5, 5.41) is 13.9. The second-order valence-corrected chi connectivity index (χ2v) is 4.53. The molecule has 3 rings (SSSR count). The van der Waals surface area contributed by atoms with Gasteiger partial charge in [0.25, 0.3) is 0 Å². The fourth-order valence-electron chi connectivity index (χ4n) is 2.42. The molecule has 0 N–H and O–H groups in total. The zero-order valence-electron chi connectivity index (χ0n) is 10.7. The topological polar surface area (TPSA) is 79.9 Å². The van der Waals surface area contributed by atoms with E-state index in [4.69, 9.17) is 10.1 Å². The van der Waals surface area contributed by atoms with Crippen molar-refractivity contribution in [2.75, 3.05) is 25.1 Å². The van der Waals surface area contributed by atoms with E-state index in [2.05, 4.69) is 26.0 Å². The molecule has 1 fully saturated rings. The molecule has 0 saturated carbocycles. The van der Waals surface area contributed by atoms with Gasteiger partial charge in [-0.15, -0.1) is 5.10 Å². The van der Waals surface area contributed by atoms with Gasteiger partial charge in [-0.1, -0.05) is 4.85 Å². The molecule has 7 heteroatoms. The van der Waals surface area contributed by atoms with Gasteiger partial charge in [-0.25, -0.2) is 9.97 Å². The minimum Gasteiger partial charge on any atom is -0.398 e. The van der Waals surface area contributed by atoms with Gasteiger partial charge in [0, 0.05) is 19.0 Å². The van der Waals surface area contributed by atoms with E-state index >= 15 is 0 Å². The van der Waals surface area contributed by atoms with Crippen LogP contribution >= 0.6 is 0 Å². The molecule has 7 nitrogen and oxygen atoms in total. The van der Waals surface area contributed by atoms with Gasteiger partial charge < -0.3 is 9.74 Å². The van der Waals surface area contributed by atoms with E-state index in [1.807, 2.05) is 0 Å². The van der Waals surface area contributed by atoms with Crippen LogP contribution in [0.15, 0.2) is 12.5 Å². The van der Waals surface area contributed by atoms with Gasteiger partial charge in [-0.05, 0) is 12.8 Å². The molecule has 1 saturated heterocycles. The van der Waals surface area contributed by atoms with Crippen LogP contribution in [0.2, 0.25) is 0 Å². The van der Waals surface area contributed by atoms with Crippen molar-refractivity contribution in [2.24, 2.45) is 5.92 Å². The minimum absolute atomic E-state index is 0.162. The summed E-state index contributed by atoms with van der Waals surface area (Å²) in [5.74, 6) is 1.03. The highest BCUT2D eigenvalue weighted by molar-refractivity contribution is 5.86. The molecule has 0 radical (unpaired) electrons. The summed E-state index contributed by atoms with van der Waals surface area (Å²) in [5.41, 5.74) is 0.662. The number of rotatable bonds is 2. The molecule has 1 aliphatic rings. The summed E-state index contributed by atoms with van der Waals surface area (Å²) in [7, 11) is 1.55. The monoisotopic (exact) mass is 258 g/mol. The van der Waals surface area contributed by atoms with E-state index in [0.717, 1.165) is 37.1 Å². The summed E-state index contributed by atoms with van der Waals surface area (Å²) >= 11 is 0. The second-order valence-electron chi connectivity index (χ2n) is 4.53. The first-order valence-electron chi connectivity index (χ1n) is 6.21. The van der Waals surface area contributed by atoms with Crippen LogP contribution in [0.4, 0.5) is 5.82 Å². The van der Waals surface area contributed by atoms with Crippen LogP contribution in [0.25, 0.3) is 11.0 Å². The zero-order chi connectivity index (χ0) is 13.2. The maximum absolute atomic E-state index is 8.93. The molecule has 1 aliphatic heterocycles. The van der Waals surface area contributed by atoms with Crippen molar-refractivity contribution in [3.8, 4) is 6.07 Å². The molecule has 0 amide bonds. The lowest BCUT2D eigenvalue weighted by Crippen LogP contribution is -2.34. The van der Waals surface area contributed by atoms with Gasteiger partial charge in [0.1, 0.15) is 19.3 Å². The van der Waals surface area contributed by atoms with E-state index < -0.39 is 0 Å². The molecule has 19 heavy (non-hydrogen) atoms. The van der Waals surface area contributed by atoms with Crippen molar-refractivity contribution in [1.82, 2.24) is 19.9 Å². The number of aromatic nitrogens is 4. The van der Waals surface area contributed by atoms with Crippen molar-refractivity contribution in [1.29, 1.82) is 5.26 Å². The number of nitrogens with zero attached hydrogens (tertiary/aromatic N) is 6. The van der Waals surface area contributed by atoms with Crippen LogP contribution in [0.1, 0.15) is 12.8 Å². The average Bonchev–Trinajstić information content (AvgIpc) is 2.90. The van der Waals surface area contributed by atoms with Crippen molar-refractivity contribution in [2.45, 2.75) is 12.8 Å². The highest BCUT2D eigenvalue weighted by Crippen LogP contribution is 2.26. The first-order valence-corrected chi connectivity index (χ1v) is 6.21. The smallest absolute Gasteiger partial charge is 0.204 e. The fraction of sp³-hybridized carbons (Fsp3) is 0.500. The third-order valence-corrected chi connectivity index (χ3v) is 3.46. The molecule has 0 aliphatic carbocycles. The summed E-state index contributed by atoms with van der Waals surface area (Å²) in [6, 6.07) is 2.33. The van der Waals surface area contributed by atoms with Crippen molar-refractivity contribution < 1.29 is 4.84 Å². The lowest BCUT2D eigenvalue weighted by molar-refractivity contribution is 0.143. The van der Waals surface area contributed by atoms with Gasteiger partial charge in [-0.3, -0.25) is 0 Å². The Hall–Kier alpha value is -2.36. The van der Waals surface area contributed by atoms with E-state index in [1.54, 1.807) is 13.3 Å². The largest absolute Gasteiger partial charge is 0.398 e. The SMILES string of the molecule is COn1ncc2c(N3CCC(C#N)CC3)ncnc21. The molecular weight excluding hydrogens is 244 g/mol. The summed E-state index contributed by atoms with van der Waals surface area (Å²) in [6.45, 7) is 1.67. The van der Waals surface area contributed by atoms with Crippen LogP contribution in [-0.2, 0) is 0 Å². The van der Waals surface area contributed by atoms with Crippen molar-refractivity contribution in [3.63, 3.8) is 0 Å². The normalized spacial score (nSPS) is 16.5. The molecule has 2 aromatic rings. The third-order valence-electron chi connectivity index (χ3n) is 3.46. The number of hydrogen-bond donors (Lipinski definition) is 0. The van der Waals surface area contributed by atoms with Crippen LogP contribution in [-0.4, -0.2) is 40.1 Å². The molecule has 3 heterocycles. The molecule has 0 unspecified atom stereocenters. The molecular formula is C12H14N6O. The lowest BCUT2D eigenvalue weighted by atomic mass is 9.98. The van der Waals surface area contributed by atoms with Gasteiger partial charge >= 0.3 is 0 Å². The van der Waals surface area contributed by atoms with E-state index in [1.165, 1.54) is 11.2 Å². The first kappa shape index (κ1) is 11.7. The van der Waals surface area contributed by atoms with Crippen molar-refractivity contribution >= 4 is 16.9 Å². The van der Waals surface area contributed by atoms with E-state index in [0.29, 0.717) is 5.65 Å². The Kier molecular flexibility index (Phi) is 2.91. The molecule has 0 spiro atoms. The Morgan fingerprint density at radius 3 is 2.84 bits per heavy atom. The molecule has 0 bridgehead atoms. The maximum Gasteiger partial charge on any atom is 0.204 e. The highest BCUT2D eigenvalue weighted by atomic mass is 16.7. The number of hydrogen-bond acceptors (Lipinski definition) is 6. The van der Waals surface area contributed by atoms with Gasteiger partial charge in [0.2, 0.25) is 5.65 Å². The number of nitriles is 1. The average molecular weight is 258 g/mol. The Labute approximate surface area is 110 Å². The fourth-order valence-corrected chi connectivity index (χ4v) is 2.42. The minimum atomic E-state index is 0.162. The van der Waals surface area contributed by atoms with Crippen molar-refractivity contribution in [3.05, 3.63) is 12.5 Å². The van der Waals surface area contributed by atoms with Crippen LogP contribution in [0, 0.1) is 17.2 Å². The van der Waals surface area contributed by atoms with Gasteiger partial charge in [0.05, 0.1) is 17.7 Å². The zero-order valence-corrected chi connectivity index (χ0v) is 10.7. The Balaban J connectivity index is 1.93. The first-order chi connectivity index (χ1) is 9.33. The number of piperidine rings is 1. The quantitative estimate of drug-likeness (QED) is 0.785. The molecule has 0 aromatic carbocycles. The Morgan fingerprint density at radius 1 is 1.37 bits per heavy atom. The molecule has 0 atom stereocenters. The molecule has 2 aromatic heterocycles.